The molecule has 0 saturated heterocycles. The van der Waals surface area contributed by atoms with E-state index in [2.05, 4.69) is 0 Å². The molecule has 0 aromatic carbocycles. The summed E-state index contributed by atoms with van der Waals surface area (Å²) in [5, 5.41) is 0. The van der Waals surface area contributed by atoms with Crippen LogP contribution in [0.5, 0.6) is 0 Å². The van der Waals surface area contributed by atoms with E-state index in [1.54, 1.807) is 12.2 Å². The van der Waals surface area contributed by atoms with Gasteiger partial charge in [-0.2, -0.15) is 0 Å². The Kier molecular flexibility index (Phi) is 5.12. The van der Waals surface area contributed by atoms with Crippen LogP contribution in [0.3, 0.4) is 0 Å². The summed E-state index contributed by atoms with van der Waals surface area (Å²) >= 11 is 0. The maximum Gasteiger partial charge on any atom is 0.155 e. The number of hydrogen-bond donors (Lipinski definition) is 1. The molecule has 0 unspecified atom stereocenters. The summed E-state index contributed by atoms with van der Waals surface area (Å²) < 4.78 is 0. The third-order valence-electron chi connectivity index (χ3n) is 0.980. The van der Waals surface area contributed by atoms with Crippen molar-refractivity contribution in [2.75, 3.05) is 6.54 Å². The van der Waals surface area contributed by atoms with E-state index in [1.807, 2.05) is 6.92 Å². The zero-order chi connectivity index (χ0) is 7.11. The van der Waals surface area contributed by atoms with Gasteiger partial charge in [0.15, 0.2) is 5.78 Å². The molecule has 0 heterocycles. The molecule has 0 aromatic rings. The second-order valence-electron chi connectivity index (χ2n) is 1.86. The van der Waals surface area contributed by atoms with Crippen LogP contribution < -0.4 is 5.73 Å². The minimum atomic E-state index is 0.169. The van der Waals surface area contributed by atoms with Gasteiger partial charge >= 0.3 is 0 Å². The van der Waals surface area contributed by atoms with E-state index >= 15 is 0 Å². The van der Waals surface area contributed by atoms with Crippen LogP contribution in [0, 0.1) is 0 Å². The molecular formula is C7H13NO. The van der Waals surface area contributed by atoms with Crippen LogP contribution in [-0.4, -0.2) is 12.3 Å². The molecular weight excluding hydrogens is 114 g/mol. The van der Waals surface area contributed by atoms with Crippen molar-refractivity contribution >= 4 is 5.78 Å². The van der Waals surface area contributed by atoms with Gasteiger partial charge in [-0.1, -0.05) is 6.08 Å². The highest BCUT2D eigenvalue weighted by Crippen LogP contribution is 1.89. The van der Waals surface area contributed by atoms with E-state index in [0.717, 1.165) is 6.42 Å². The predicted molar refractivity (Wildman–Crippen MR) is 38.1 cm³/mol. The molecule has 2 N–H and O–H groups in total. The van der Waals surface area contributed by atoms with Crippen molar-refractivity contribution in [2.24, 2.45) is 5.73 Å². The van der Waals surface area contributed by atoms with Crippen molar-refractivity contribution in [3.05, 3.63) is 12.2 Å². The Morgan fingerprint density at radius 1 is 1.67 bits per heavy atom. The van der Waals surface area contributed by atoms with E-state index in [0.29, 0.717) is 13.0 Å². The smallest absolute Gasteiger partial charge is 0.155 e. The summed E-state index contributed by atoms with van der Waals surface area (Å²) in [6.45, 7) is 2.43. The largest absolute Gasteiger partial charge is 0.330 e. The van der Waals surface area contributed by atoms with E-state index in [4.69, 9.17) is 5.73 Å². The lowest BCUT2D eigenvalue weighted by molar-refractivity contribution is -0.114. The summed E-state index contributed by atoms with van der Waals surface area (Å²) in [6.07, 6.45) is 4.71. The van der Waals surface area contributed by atoms with Gasteiger partial charge in [0.1, 0.15) is 0 Å². The summed E-state index contributed by atoms with van der Waals surface area (Å²) in [6, 6.07) is 0. The van der Waals surface area contributed by atoms with Crippen LogP contribution in [0.4, 0.5) is 0 Å². The van der Waals surface area contributed by atoms with Gasteiger partial charge in [0.05, 0.1) is 0 Å². The highest BCUT2D eigenvalue weighted by Gasteiger charge is 1.91. The number of rotatable bonds is 4. The number of carbonyl (C=O) groups excluding carboxylic acids is 1. The molecule has 9 heavy (non-hydrogen) atoms. The van der Waals surface area contributed by atoms with Gasteiger partial charge in [-0.15, -0.1) is 0 Å². The lowest BCUT2D eigenvalue weighted by Gasteiger charge is -1.89. The van der Waals surface area contributed by atoms with Crippen LogP contribution in [0.2, 0.25) is 0 Å². The highest BCUT2D eigenvalue weighted by atomic mass is 16.1. The fraction of sp³-hybridized carbons (Fsp3) is 0.571. The monoisotopic (exact) mass is 127 g/mol. The average Bonchev–Trinajstić information content (AvgIpc) is 1.85. The van der Waals surface area contributed by atoms with E-state index < -0.39 is 0 Å². The SMILES string of the molecule is C/C=C/C(=O)CCCN. The number of nitrogens with two attached hydrogens (primary N) is 1. The van der Waals surface area contributed by atoms with Gasteiger partial charge in [-0.25, -0.2) is 0 Å². The van der Waals surface area contributed by atoms with Crippen LogP contribution in [-0.2, 0) is 4.79 Å². The van der Waals surface area contributed by atoms with E-state index in [1.165, 1.54) is 0 Å². The quantitative estimate of drug-likeness (QED) is 0.569. The Morgan fingerprint density at radius 2 is 2.33 bits per heavy atom. The fourth-order valence-corrected chi connectivity index (χ4v) is 0.546. The first kappa shape index (κ1) is 8.37. The molecule has 0 radical (unpaired) electrons. The minimum Gasteiger partial charge on any atom is -0.330 e. The molecule has 0 spiro atoms. The molecule has 0 aromatic heterocycles. The van der Waals surface area contributed by atoms with Crippen LogP contribution >= 0.6 is 0 Å². The zero-order valence-electron chi connectivity index (χ0n) is 5.76. The van der Waals surface area contributed by atoms with Crippen molar-refractivity contribution in [1.29, 1.82) is 0 Å². The fourth-order valence-electron chi connectivity index (χ4n) is 0.546. The van der Waals surface area contributed by atoms with Gasteiger partial charge in [-0.05, 0) is 26.0 Å². The second kappa shape index (κ2) is 5.51. The lowest BCUT2D eigenvalue weighted by atomic mass is 10.2. The first-order valence-electron chi connectivity index (χ1n) is 3.17. The normalized spacial score (nSPS) is 10.4. The Hall–Kier alpha value is -0.630. The maximum absolute atomic E-state index is 10.7. The Balaban J connectivity index is 3.27. The van der Waals surface area contributed by atoms with Crippen LogP contribution in [0.25, 0.3) is 0 Å². The third-order valence-corrected chi connectivity index (χ3v) is 0.980. The van der Waals surface area contributed by atoms with Crippen molar-refractivity contribution in [1.82, 2.24) is 0 Å². The molecule has 0 atom stereocenters. The van der Waals surface area contributed by atoms with Crippen molar-refractivity contribution in [3.63, 3.8) is 0 Å². The Bertz CT molecular complexity index is 107. The number of hydrogen-bond acceptors (Lipinski definition) is 2. The van der Waals surface area contributed by atoms with Crippen molar-refractivity contribution < 1.29 is 4.79 Å². The summed E-state index contributed by atoms with van der Waals surface area (Å²) in [5.74, 6) is 0.169. The topological polar surface area (TPSA) is 43.1 Å². The standard InChI is InChI=1S/C7H13NO/c1-2-4-7(9)5-3-6-8/h2,4H,3,5-6,8H2,1H3/b4-2+. The van der Waals surface area contributed by atoms with Gasteiger partial charge in [0, 0.05) is 6.42 Å². The summed E-state index contributed by atoms with van der Waals surface area (Å²) in [5.41, 5.74) is 5.20. The van der Waals surface area contributed by atoms with Gasteiger partial charge in [0.2, 0.25) is 0 Å². The first-order valence-corrected chi connectivity index (χ1v) is 3.17. The molecule has 2 nitrogen and oxygen atoms in total. The lowest BCUT2D eigenvalue weighted by Crippen LogP contribution is -2.01. The molecule has 2 heteroatoms. The molecule has 52 valence electrons. The Morgan fingerprint density at radius 3 is 2.78 bits per heavy atom. The summed E-state index contributed by atoms with van der Waals surface area (Å²) in [4.78, 5) is 10.7. The number of carbonyl (C=O) groups is 1. The zero-order valence-corrected chi connectivity index (χ0v) is 5.76. The van der Waals surface area contributed by atoms with Gasteiger partial charge < -0.3 is 5.73 Å². The van der Waals surface area contributed by atoms with Gasteiger partial charge in [-0.3, -0.25) is 4.79 Å². The van der Waals surface area contributed by atoms with Gasteiger partial charge in [0.25, 0.3) is 0 Å². The highest BCUT2D eigenvalue weighted by molar-refractivity contribution is 5.89. The molecule has 0 aliphatic rings. The second-order valence-corrected chi connectivity index (χ2v) is 1.86. The molecule has 0 aliphatic heterocycles. The van der Waals surface area contributed by atoms with Crippen LogP contribution in [0.15, 0.2) is 12.2 Å². The number of allylic oxidation sites excluding steroid dienone is 2. The molecule has 0 rings (SSSR count). The molecule has 0 aliphatic carbocycles. The molecule has 0 amide bonds. The van der Waals surface area contributed by atoms with E-state index in [9.17, 15) is 4.79 Å². The maximum atomic E-state index is 10.7. The molecule has 0 saturated carbocycles. The first-order chi connectivity index (χ1) is 4.31. The Labute approximate surface area is 55.7 Å². The summed E-state index contributed by atoms with van der Waals surface area (Å²) in [7, 11) is 0. The third kappa shape index (κ3) is 5.24. The predicted octanol–water partition coefficient (Wildman–Crippen LogP) is 0.871. The average molecular weight is 127 g/mol. The molecule has 0 fully saturated rings. The number of ketones is 1. The molecule has 0 bridgehead atoms. The minimum absolute atomic E-state index is 0.169. The van der Waals surface area contributed by atoms with Crippen molar-refractivity contribution in [2.45, 2.75) is 19.8 Å². The van der Waals surface area contributed by atoms with Crippen molar-refractivity contribution in [3.8, 4) is 0 Å². The van der Waals surface area contributed by atoms with Crippen LogP contribution in [0.1, 0.15) is 19.8 Å². The van der Waals surface area contributed by atoms with E-state index in [-0.39, 0.29) is 5.78 Å².